The predicted octanol–water partition coefficient (Wildman–Crippen LogP) is 3.40. The first-order valence-corrected chi connectivity index (χ1v) is 8.88. The van der Waals surface area contributed by atoms with Gasteiger partial charge >= 0.3 is 0 Å². The highest BCUT2D eigenvalue weighted by Crippen LogP contribution is 2.16. The maximum Gasteiger partial charge on any atom is 0.260 e. The van der Waals surface area contributed by atoms with Crippen molar-refractivity contribution in [3.8, 4) is 0 Å². The van der Waals surface area contributed by atoms with Gasteiger partial charge in [0.05, 0.1) is 28.7 Å². The first-order valence-electron chi connectivity index (χ1n) is 8.88. The van der Waals surface area contributed by atoms with E-state index >= 15 is 0 Å². The quantitative estimate of drug-likeness (QED) is 0.597. The zero-order valence-electron chi connectivity index (χ0n) is 15.3. The van der Waals surface area contributed by atoms with Crippen molar-refractivity contribution in [1.82, 2.24) is 14.5 Å². The summed E-state index contributed by atoms with van der Waals surface area (Å²) in [6, 6.07) is 16.3. The molecule has 0 saturated heterocycles. The van der Waals surface area contributed by atoms with Crippen molar-refractivity contribution in [2.75, 3.05) is 5.32 Å². The highest BCUT2D eigenvalue weighted by Gasteiger charge is 2.14. The Morgan fingerprint density at radius 2 is 1.93 bits per heavy atom. The number of hydrogen-bond acceptors (Lipinski definition) is 4. The molecule has 4 aromatic rings. The zero-order valence-corrected chi connectivity index (χ0v) is 15.3. The summed E-state index contributed by atoms with van der Waals surface area (Å²) in [6.07, 6.45) is 5.13. The average Bonchev–Trinajstić information content (AvgIpc) is 2.71. The van der Waals surface area contributed by atoms with Gasteiger partial charge in [0.2, 0.25) is 0 Å². The molecule has 6 nitrogen and oxygen atoms in total. The van der Waals surface area contributed by atoms with E-state index in [0.29, 0.717) is 34.4 Å². The first kappa shape index (κ1) is 17.6. The molecular formula is C22H18N4O2. The minimum absolute atomic E-state index is 0.192. The Bertz CT molecular complexity index is 1200. The van der Waals surface area contributed by atoms with Crippen LogP contribution >= 0.6 is 0 Å². The van der Waals surface area contributed by atoms with Gasteiger partial charge in [-0.25, -0.2) is 0 Å². The maximum atomic E-state index is 12.9. The second-order valence-corrected chi connectivity index (χ2v) is 6.48. The van der Waals surface area contributed by atoms with Crippen molar-refractivity contribution < 1.29 is 4.79 Å². The number of carbonyl (C=O) groups excluding carboxylic acids is 1. The topological polar surface area (TPSA) is 76.9 Å². The molecule has 0 aliphatic carbocycles. The number of para-hydroxylation sites is 1. The summed E-state index contributed by atoms with van der Waals surface area (Å²) in [5.74, 6) is -0.292. The summed E-state index contributed by atoms with van der Waals surface area (Å²) in [4.78, 5) is 34.2. The number of nitrogens with zero attached hydrogens (tertiary/aromatic N) is 3. The Kier molecular flexibility index (Phi) is 4.68. The van der Waals surface area contributed by atoms with Gasteiger partial charge in [-0.2, -0.15) is 0 Å². The Morgan fingerprint density at radius 3 is 2.68 bits per heavy atom. The lowest BCUT2D eigenvalue weighted by molar-refractivity contribution is 0.102. The number of fused-ring (bicyclic) bond motifs is 1. The van der Waals surface area contributed by atoms with Gasteiger partial charge in [0.15, 0.2) is 0 Å². The molecule has 138 valence electrons. The van der Waals surface area contributed by atoms with Crippen LogP contribution in [0.15, 0.2) is 78.0 Å². The number of nitrogens with one attached hydrogen (secondary N) is 1. The molecule has 0 saturated carbocycles. The molecule has 1 N–H and O–H groups in total. The van der Waals surface area contributed by atoms with Crippen molar-refractivity contribution in [1.29, 1.82) is 0 Å². The van der Waals surface area contributed by atoms with Crippen LogP contribution in [0.1, 0.15) is 21.6 Å². The molecule has 1 amide bonds. The molecule has 0 aliphatic rings. The summed E-state index contributed by atoms with van der Waals surface area (Å²) in [6.45, 7) is 2.17. The third-order valence-corrected chi connectivity index (χ3v) is 4.50. The number of benzene rings is 1. The van der Waals surface area contributed by atoms with E-state index in [0.717, 1.165) is 5.56 Å². The van der Waals surface area contributed by atoms with Crippen LogP contribution < -0.4 is 10.9 Å². The molecule has 0 unspecified atom stereocenters. The number of carbonyl (C=O) groups is 1. The van der Waals surface area contributed by atoms with Crippen molar-refractivity contribution in [2.45, 2.75) is 13.5 Å². The van der Waals surface area contributed by atoms with Gasteiger partial charge in [0, 0.05) is 24.3 Å². The van der Waals surface area contributed by atoms with Crippen molar-refractivity contribution in [2.24, 2.45) is 0 Å². The molecule has 0 fully saturated rings. The molecule has 1 aromatic carbocycles. The van der Waals surface area contributed by atoms with Crippen LogP contribution in [0.5, 0.6) is 0 Å². The van der Waals surface area contributed by atoms with E-state index in [1.165, 1.54) is 0 Å². The third-order valence-electron chi connectivity index (χ3n) is 4.50. The van der Waals surface area contributed by atoms with E-state index in [9.17, 15) is 9.59 Å². The minimum Gasteiger partial charge on any atom is -0.322 e. The van der Waals surface area contributed by atoms with Crippen LogP contribution in [0.2, 0.25) is 0 Å². The average molecular weight is 370 g/mol. The normalized spacial score (nSPS) is 10.8. The summed E-state index contributed by atoms with van der Waals surface area (Å²) in [7, 11) is 0. The first-order chi connectivity index (χ1) is 13.6. The van der Waals surface area contributed by atoms with E-state index in [-0.39, 0.29) is 11.5 Å². The molecule has 0 radical (unpaired) electrons. The number of hydrogen-bond donors (Lipinski definition) is 1. The molecule has 28 heavy (non-hydrogen) atoms. The summed E-state index contributed by atoms with van der Waals surface area (Å²) >= 11 is 0. The lowest BCUT2D eigenvalue weighted by atomic mass is 10.1. The van der Waals surface area contributed by atoms with Crippen LogP contribution in [-0.4, -0.2) is 20.4 Å². The predicted molar refractivity (Wildman–Crippen MR) is 108 cm³/mol. The van der Waals surface area contributed by atoms with Crippen LogP contribution in [0.3, 0.4) is 0 Å². The number of aryl methyl sites for hydroxylation is 1. The van der Waals surface area contributed by atoms with Gasteiger partial charge in [-0.1, -0.05) is 24.3 Å². The van der Waals surface area contributed by atoms with E-state index in [1.54, 1.807) is 42.2 Å². The molecule has 0 spiro atoms. The molecule has 0 bridgehead atoms. The summed E-state index contributed by atoms with van der Waals surface area (Å²) < 4.78 is 1.59. The SMILES string of the molecule is Cc1nc2ccn(Cc3cccnc3)c(=O)c2cc1C(=O)Nc1ccccc1. The molecule has 3 aromatic heterocycles. The Morgan fingerprint density at radius 1 is 1.11 bits per heavy atom. The maximum absolute atomic E-state index is 12.9. The van der Waals surface area contributed by atoms with Gasteiger partial charge in [0.25, 0.3) is 11.5 Å². The van der Waals surface area contributed by atoms with Gasteiger partial charge in [-0.05, 0) is 42.8 Å². The minimum atomic E-state index is -0.292. The number of aromatic nitrogens is 3. The largest absolute Gasteiger partial charge is 0.322 e. The Balaban J connectivity index is 1.72. The summed E-state index contributed by atoms with van der Waals surface area (Å²) in [5.41, 5.74) is 2.95. The van der Waals surface area contributed by atoms with E-state index in [1.807, 2.05) is 42.5 Å². The second kappa shape index (κ2) is 7.44. The number of pyridine rings is 3. The summed E-state index contributed by atoms with van der Waals surface area (Å²) in [5, 5.41) is 3.25. The van der Waals surface area contributed by atoms with E-state index < -0.39 is 0 Å². The van der Waals surface area contributed by atoms with Gasteiger partial charge in [-0.15, -0.1) is 0 Å². The van der Waals surface area contributed by atoms with Crippen LogP contribution in [0.25, 0.3) is 10.9 Å². The highest BCUT2D eigenvalue weighted by molar-refractivity contribution is 6.06. The second-order valence-electron chi connectivity index (χ2n) is 6.48. The smallest absolute Gasteiger partial charge is 0.260 e. The fraction of sp³-hybridized carbons (Fsp3) is 0.0909. The van der Waals surface area contributed by atoms with E-state index in [4.69, 9.17) is 0 Å². The lowest BCUT2D eigenvalue weighted by Gasteiger charge is -2.11. The van der Waals surface area contributed by atoms with Gasteiger partial charge in [0.1, 0.15) is 0 Å². The third kappa shape index (κ3) is 3.53. The van der Waals surface area contributed by atoms with Crippen molar-refractivity contribution in [3.05, 3.63) is 100 Å². The molecule has 3 heterocycles. The van der Waals surface area contributed by atoms with Crippen molar-refractivity contribution in [3.63, 3.8) is 0 Å². The highest BCUT2D eigenvalue weighted by atomic mass is 16.1. The fourth-order valence-corrected chi connectivity index (χ4v) is 3.07. The molecule has 4 rings (SSSR count). The van der Waals surface area contributed by atoms with Gasteiger partial charge in [-0.3, -0.25) is 19.6 Å². The van der Waals surface area contributed by atoms with Crippen LogP contribution in [0, 0.1) is 6.92 Å². The Hall–Kier alpha value is -3.80. The number of anilines is 1. The lowest BCUT2D eigenvalue weighted by Crippen LogP contribution is -2.22. The Labute approximate surface area is 161 Å². The van der Waals surface area contributed by atoms with Gasteiger partial charge < -0.3 is 9.88 Å². The molecule has 0 atom stereocenters. The molecular weight excluding hydrogens is 352 g/mol. The van der Waals surface area contributed by atoms with Crippen LogP contribution in [-0.2, 0) is 6.54 Å². The number of amides is 1. The van der Waals surface area contributed by atoms with Crippen molar-refractivity contribution >= 4 is 22.5 Å². The molecule has 6 heteroatoms. The molecule has 0 aliphatic heterocycles. The van der Waals surface area contributed by atoms with E-state index in [2.05, 4.69) is 15.3 Å². The number of rotatable bonds is 4. The monoisotopic (exact) mass is 370 g/mol. The van der Waals surface area contributed by atoms with Crippen LogP contribution in [0.4, 0.5) is 5.69 Å². The zero-order chi connectivity index (χ0) is 19.5. The standard InChI is InChI=1S/C22H18N4O2/c1-15-18(21(27)25-17-7-3-2-4-8-17)12-19-20(24-15)9-11-26(22(19)28)14-16-6-5-10-23-13-16/h2-13H,14H2,1H3,(H,25,27). The fourth-order valence-electron chi connectivity index (χ4n) is 3.07.